The van der Waals surface area contributed by atoms with Crippen LogP contribution in [0.15, 0.2) is 18.2 Å². The summed E-state index contributed by atoms with van der Waals surface area (Å²) in [6.07, 6.45) is 0. The number of aliphatic hydroxyl groups is 1. The molecule has 0 spiro atoms. The summed E-state index contributed by atoms with van der Waals surface area (Å²) >= 11 is 0. The summed E-state index contributed by atoms with van der Waals surface area (Å²) in [5.41, 5.74) is 1.71. The lowest BCUT2D eigenvalue weighted by Crippen LogP contribution is -2.36. The van der Waals surface area contributed by atoms with Gasteiger partial charge < -0.3 is 10.4 Å². The second kappa shape index (κ2) is 6.47. The molecule has 0 saturated carbocycles. The van der Waals surface area contributed by atoms with E-state index in [9.17, 15) is 15.2 Å². The van der Waals surface area contributed by atoms with Gasteiger partial charge >= 0.3 is 0 Å². The number of benzene rings is 1. The topological polar surface area (TPSA) is 75.4 Å². The van der Waals surface area contributed by atoms with E-state index in [1.54, 1.807) is 13.0 Å². The van der Waals surface area contributed by atoms with Crippen molar-refractivity contribution >= 4 is 5.69 Å². The molecule has 0 fully saturated rings. The molecule has 5 heteroatoms. The molecular formula is C13H20N2O3. The molecule has 5 nitrogen and oxygen atoms in total. The lowest BCUT2D eigenvalue weighted by molar-refractivity contribution is -0.385. The Kier molecular flexibility index (Phi) is 5.25. The maximum atomic E-state index is 10.8. The van der Waals surface area contributed by atoms with E-state index in [0.717, 1.165) is 5.56 Å². The van der Waals surface area contributed by atoms with Crippen LogP contribution in [0.3, 0.4) is 0 Å². The van der Waals surface area contributed by atoms with E-state index >= 15 is 0 Å². The Morgan fingerprint density at radius 2 is 2.11 bits per heavy atom. The summed E-state index contributed by atoms with van der Waals surface area (Å²) < 4.78 is 0. The van der Waals surface area contributed by atoms with Crippen LogP contribution >= 0.6 is 0 Å². The quantitative estimate of drug-likeness (QED) is 0.600. The van der Waals surface area contributed by atoms with Gasteiger partial charge in [-0.25, -0.2) is 0 Å². The fourth-order valence-corrected chi connectivity index (χ4v) is 1.81. The highest BCUT2D eigenvalue weighted by molar-refractivity contribution is 5.44. The molecule has 2 N–H and O–H groups in total. The van der Waals surface area contributed by atoms with Crippen molar-refractivity contribution in [3.05, 3.63) is 39.4 Å². The Balaban J connectivity index is 2.79. The standard InChI is InChI=1S/C13H20N2O3/c1-9(2)12(8-16)14-7-11-5-4-6-13(10(11)3)15(17)18/h4-6,9,12,14,16H,7-8H2,1-3H3/t12-/m1/s1. The number of nitrogens with zero attached hydrogens (tertiary/aromatic N) is 1. The van der Waals surface area contributed by atoms with E-state index in [2.05, 4.69) is 5.32 Å². The summed E-state index contributed by atoms with van der Waals surface area (Å²) in [7, 11) is 0. The first kappa shape index (κ1) is 14.6. The molecule has 1 rings (SSSR count). The highest BCUT2D eigenvalue weighted by Crippen LogP contribution is 2.21. The molecule has 1 aromatic rings. The minimum absolute atomic E-state index is 0.00339. The van der Waals surface area contributed by atoms with Gasteiger partial charge in [0.15, 0.2) is 0 Å². The van der Waals surface area contributed by atoms with E-state index in [0.29, 0.717) is 18.0 Å². The van der Waals surface area contributed by atoms with Crippen LogP contribution in [0, 0.1) is 23.0 Å². The van der Waals surface area contributed by atoms with Crippen molar-refractivity contribution in [1.29, 1.82) is 0 Å². The first-order valence-electron chi connectivity index (χ1n) is 6.04. The molecule has 0 aliphatic heterocycles. The van der Waals surface area contributed by atoms with Crippen molar-refractivity contribution in [3.63, 3.8) is 0 Å². The van der Waals surface area contributed by atoms with Crippen LogP contribution < -0.4 is 5.32 Å². The Morgan fingerprint density at radius 3 is 2.61 bits per heavy atom. The highest BCUT2D eigenvalue weighted by Gasteiger charge is 2.15. The number of rotatable bonds is 6. The molecule has 0 heterocycles. The molecule has 1 aromatic carbocycles. The van der Waals surface area contributed by atoms with Crippen LogP contribution in [0.25, 0.3) is 0 Å². The second-order valence-electron chi connectivity index (χ2n) is 4.73. The SMILES string of the molecule is Cc1c(CN[C@H](CO)C(C)C)cccc1[N+](=O)[O-]. The monoisotopic (exact) mass is 252 g/mol. The first-order chi connectivity index (χ1) is 8.47. The van der Waals surface area contributed by atoms with Gasteiger partial charge in [0, 0.05) is 24.2 Å². The van der Waals surface area contributed by atoms with Crippen LogP contribution in [-0.2, 0) is 6.54 Å². The Morgan fingerprint density at radius 1 is 1.44 bits per heavy atom. The number of nitrogens with one attached hydrogen (secondary N) is 1. The van der Waals surface area contributed by atoms with Crippen LogP contribution in [0.5, 0.6) is 0 Å². The van der Waals surface area contributed by atoms with Crippen molar-refractivity contribution in [2.24, 2.45) is 5.92 Å². The lowest BCUT2D eigenvalue weighted by atomic mass is 10.0. The van der Waals surface area contributed by atoms with E-state index in [1.807, 2.05) is 19.9 Å². The summed E-state index contributed by atoms with van der Waals surface area (Å²) in [5.74, 6) is 0.314. The lowest BCUT2D eigenvalue weighted by Gasteiger charge is -2.20. The first-order valence-corrected chi connectivity index (χ1v) is 6.04. The molecule has 0 radical (unpaired) electrons. The number of hydrogen-bond acceptors (Lipinski definition) is 4. The van der Waals surface area contributed by atoms with Crippen molar-refractivity contribution in [2.75, 3.05) is 6.61 Å². The number of nitro groups is 1. The van der Waals surface area contributed by atoms with Crippen molar-refractivity contribution in [2.45, 2.75) is 33.4 Å². The third-order valence-electron chi connectivity index (χ3n) is 3.17. The maximum absolute atomic E-state index is 10.8. The summed E-state index contributed by atoms with van der Waals surface area (Å²) in [6, 6.07) is 5.06. The molecule has 1 atom stereocenters. The predicted molar refractivity (Wildman–Crippen MR) is 70.4 cm³/mol. The smallest absolute Gasteiger partial charge is 0.272 e. The average Bonchev–Trinajstić information content (AvgIpc) is 2.31. The minimum Gasteiger partial charge on any atom is -0.395 e. The van der Waals surface area contributed by atoms with E-state index in [4.69, 9.17) is 0 Å². The molecule has 0 aliphatic carbocycles. The molecule has 0 aliphatic rings. The predicted octanol–water partition coefficient (Wildman–Crippen LogP) is 2.01. The third kappa shape index (κ3) is 3.51. The van der Waals surface area contributed by atoms with Gasteiger partial charge in [-0.3, -0.25) is 10.1 Å². The largest absolute Gasteiger partial charge is 0.395 e. The van der Waals surface area contributed by atoms with Gasteiger partial charge in [0.1, 0.15) is 0 Å². The van der Waals surface area contributed by atoms with Crippen molar-refractivity contribution in [1.82, 2.24) is 5.32 Å². The fraction of sp³-hybridized carbons (Fsp3) is 0.538. The molecule has 0 unspecified atom stereocenters. The van der Waals surface area contributed by atoms with Crippen molar-refractivity contribution in [3.8, 4) is 0 Å². The van der Waals surface area contributed by atoms with Gasteiger partial charge in [0.2, 0.25) is 0 Å². The van der Waals surface area contributed by atoms with E-state index in [1.165, 1.54) is 6.07 Å². The second-order valence-corrected chi connectivity index (χ2v) is 4.73. The van der Waals surface area contributed by atoms with Crippen LogP contribution in [-0.4, -0.2) is 22.7 Å². The van der Waals surface area contributed by atoms with Gasteiger partial charge in [0.05, 0.1) is 11.5 Å². The van der Waals surface area contributed by atoms with E-state index in [-0.39, 0.29) is 23.3 Å². The van der Waals surface area contributed by atoms with E-state index < -0.39 is 0 Å². The molecule has 0 bridgehead atoms. The number of hydrogen-bond donors (Lipinski definition) is 2. The van der Waals surface area contributed by atoms with Crippen LogP contribution in [0.4, 0.5) is 5.69 Å². The molecule has 18 heavy (non-hydrogen) atoms. The molecule has 0 saturated heterocycles. The maximum Gasteiger partial charge on any atom is 0.272 e. The zero-order valence-electron chi connectivity index (χ0n) is 11.0. The number of nitro benzene ring substituents is 1. The zero-order valence-corrected chi connectivity index (χ0v) is 11.0. The molecule has 0 aromatic heterocycles. The third-order valence-corrected chi connectivity index (χ3v) is 3.17. The van der Waals surface area contributed by atoms with Gasteiger partial charge in [-0.05, 0) is 18.4 Å². The molecular weight excluding hydrogens is 232 g/mol. The Hall–Kier alpha value is -1.46. The molecule has 0 amide bonds. The number of aliphatic hydroxyl groups excluding tert-OH is 1. The Labute approximate surface area is 107 Å². The van der Waals surface area contributed by atoms with Crippen molar-refractivity contribution < 1.29 is 10.0 Å². The van der Waals surface area contributed by atoms with Gasteiger partial charge in [-0.1, -0.05) is 26.0 Å². The van der Waals surface area contributed by atoms with Gasteiger partial charge in [-0.2, -0.15) is 0 Å². The fourth-order valence-electron chi connectivity index (χ4n) is 1.81. The normalized spacial score (nSPS) is 12.7. The average molecular weight is 252 g/mol. The van der Waals surface area contributed by atoms with Gasteiger partial charge in [-0.15, -0.1) is 0 Å². The zero-order chi connectivity index (χ0) is 13.7. The molecule has 100 valence electrons. The van der Waals surface area contributed by atoms with Crippen LogP contribution in [0.1, 0.15) is 25.0 Å². The highest BCUT2D eigenvalue weighted by atomic mass is 16.6. The van der Waals surface area contributed by atoms with Gasteiger partial charge in [0.25, 0.3) is 5.69 Å². The minimum atomic E-state index is -0.370. The Bertz CT molecular complexity index is 419. The summed E-state index contributed by atoms with van der Waals surface area (Å²) in [4.78, 5) is 10.5. The summed E-state index contributed by atoms with van der Waals surface area (Å²) in [5, 5.41) is 23.3. The summed E-state index contributed by atoms with van der Waals surface area (Å²) in [6.45, 7) is 6.38. The van der Waals surface area contributed by atoms with Crippen LogP contribution in [0.2, 0.25) is 0 Å².